The topological polar surface area (TPSA) is 130 Å². The normalized spacial score (nSPS) is 25.0. The lowest BCUT2D eigenvalue weighted by Crippen LogP contribution is -2.41. The fourth-order valence-electron chi connectivity index (χ4n) is 5.79. The van der Waals surface area contributed by atoms with E-state index in [-0.39, 0.29) is 29.7 Å². The maximum atomic E-state index is 12.2. The van der Waals surface area contributed by atoms with Crippen LogP contribution in [0.15, 0.2) is 36.5 Å². The lowest BCUT2D eigenvalue weighted by Gasteiger charge is -2.28. The van der Waals surface area contributed by atoms with Crippen LogP contribution < -0.4 is 21.1 Å². The number of fused-ring (bicyclic) bond motifs is 3. The molecule has 2 aliphatic carbocycles. The summed E-state index contributed by atoms with van der Waals surface area (Å²) in [6, 6.07) is 5.97. The van der Waals surface area contributed by atoms with Crippen molar-refractivity contribution in [3.8, 4) is 5.75 Å². The number of nitrogens with two attached hydrogens (primary N) is 1. The molecule has 11 heteroatoms. The zero-order chi connectivity index (χ0) is 25.5. The summed E-state index contributed by atoms with van der Waals surface area (Å²) in [5, 5.41) is 7.26. The summed E-state index contributed by atoms with van der Waals surface area (Å²) in [5.41, 5.74) is 9.52. The monoisotopic (exact) mass is 523 g/mol. The van der Waals surface area contributed by atoms with E-state index in [1.807, 2.05) is 12.1 Å². The van der Waals surface area contributed by atoms with Crippen molar-refractivity contribution in [1.82, 2.24) is 19.9 Å². The van der Waals surface area contributed by atoms with Gasteiger partial charge in [0.25, 0.3) is 0 Å². The Morgan fingerprint density at radius 2 is 2.11 bits per heavy atom. The molecule has 1 amide bonds. The molecule has 2 bridgehead atoms. The van der Waals surface area contributed by atoms with Crippen molar-refractivity contribution in [3.63, 3.8) is 0 Å². The van der Waals surface area contributed by atoms with Gasteiger partial charge in [-0.1, -0.05) is 29.8 Å². The van der Waals surface area contributed by atoms with E-state index >= 15 is 0 Å². The number of primary amides is 1. The molecule has 10 nitrogen and oxygen atoms in total. The van der Waals surface area contributed by atoms with Crippen molar-refractivity contribution in [2.75, 3.05) is 44.0 Å². The van der Waals surface area contributed by atoms with Crippen molar-refractivity contribution >= 4 is 46.0 Å². The minimum atomic E-state index is -0.299. The number of pyridine rings is 1. The van der Waals surface area contributed by atoms with Crippen LogP contribution in [0.2, 0.25) is 5.02 Å². The molecule has 0 radical (unpaired) electrons. The Labute approximate surface area is 219 Å². The van der Waals surface area contributed by atoms with Gasteiger partial charge in [-0.15, -0.1) is 0 Å². The molecule has 2 aromatic heterocycles. The first-order chi connectivity index (χ1) is 18.0. The maximum absolute atomic E-state index is 12.2. The van der Waals surface area contributed by atoms with Gasteiger partial charge in [0, 0.05) is 25.7 Å². The van der Waals surface area contributed by atoms with Crippen LogP contribution in [-0.2, 0) is 16.1 Å². The number of carbonyl (C=O) groups is 1. The molecule has 1 aromatic carbocycles. The second-order valence-electron chi connectivity index (χ2n) is 9.86. The van der Waals surface area contributed by atoms with E-state index in [0.29, 0.717) is 33.6 Å². The van der Waals surface area contributed by atoms with Crippen molar-refractivity contribution in [1.29, 1.82) is 0 Å². The molecule has 2 fully saturated rings. The average Bonchev–Trinajstić information content (AvgIpc) is 3.62. The molecular weight excluding hydrogens is 494 g/mol. The molecule has 194 valence electrons. The number of nitrogens with zero attached hydrogens (tertiary/aromatic N) is 3. The number of H-pyrrole nitrogens is 1. The standard InChI is InChI=1S/C26H30ClN7O3/c1-36-19-10-14(13-34-6-8-37-9-7-34)2-5-18(19)30-26-32-23-22(17(27)12-29-25(23)33-26)31-21-16-4-3-15(11-16)20(21)24(28)35/h2-5,10,12,15-16,20-21H,6-9,11,13H2,1H3,(H2,28,35)(H3,29,30,31,32,33)/t15-,16+,20+,21-/m1/s1. The first kappa shape index (κ1) is 24.0. The van der Waals surface area contributed by atoms with Crippen molar-refractivity contribution in [2.24, 2.45) is 23.5 Å². The number of ether oxygens (including phenoxy) is 2. The van der Waals surface area contributed by atoms with Crippen LogP contribution in [0.25, 0.3) is 11.2 Å². The highest BCUT2D eigenvalue weighted by molar-refractivity contribution is 6.34. The van der Waals surface area contributed by atoms with Gasteiger partial charge in [-0.3, -0.25) is 9.69 Å². The van der Waals surface area contributed by atoms with Gasteiger partial charge in [-0.25, -0.2) is 4.98 Å². The number of morpholine rings is 1. The Morgan fingerprint density at radius 1 is 1.30 bits per heavy atom. The van der Waals surface area contributed by atoms with Crippen molar-refractivity contribution in [2.45, 2.75) is 19.0 Å². The van der Waals surface area contributed by atoms with E-state index in [9.17, 15) is 4.79 Å². The SMILES string of the molecule is COc1cc(CN2CCOCC2)ccc1Nc1nc2ncc(Cl)c(N[C@H]3[C@@H](C(N)=O)[C@@H]4C=C[C@H]3C4)c2[nH]1. The van der Waals surface area contributed by atoms with Crippen LogP contribution in [0.3, 0.4) is 0 Å². The maximum Gasteiger partial charge on any atom is 0.223 e. The summed E-state index contributed by atoms with van der Waals surface area (Å²) >= 11 is 6.57. The summed E-state index contributed by atoms with van der Waals surface area (Å²) in [4.78, 5) is 26.9. The number of anilines is 3. The zero-order valence-electron chi connectivity index (χ0n) is 20.5. The largest absolute Gasteiger partial charge is 0.495 e. The zero-order valence-corrected chi connectivity index (χ0v) is 21.3. The third-order valence-corrected chi connectivity index (χ3v) is 7.89. The lowest BCUT2D eigenvalue weighted by molar-refractivity contribution is -0.122. The van der Waals surface area contributed by atoms with E-state index in [2.05, 4.69) is 48.7 Å². The van der Waals surface area contributed by atoms with Gasteiger partial charge >= 0.3 is 0 Å². The number of rotatable bonds is 8. The summed E-state index contributed by atoms with van der Waals surface area (Å²) < 4.78 is 11.1. The number of imidazole rings is 1. The number of halogens is 1. The van der Waals surface area contributed by atoms with Gasteiger partial charge in [-0.05, 0) is 36.0 Å². The van der Waals surface area contributed by atoms with Crippen molar-refractivity contribution in [3.05, 3.63) is 47.1 Å². The number of aromatic nitrogens is 3. The van der Waals surface area contributed by atoms with E-state index in [4.69, 9.17) is 26.8 Å². The Kier molecular flexibility index (Phi) is 6.39. The number of nitrogens with one attached hydrogen (secondary N) is 3. The number of amides is 1. The molecule has 0 unspecified atom stereocenters. The predicted molar refractivity (Wildman–Crippen MR) is 142 cm³/mol. The molecule has 3 aromatic rings. The minimum absolute atomic E-state index is 0.130. The average molecular weight is 524 g/mol. The molecule has 3 aliphatic rings. The van der Waals surface area contributed by atoms with Crippen LogP contribution in [0, 0.1) is 17.8 Å². The van der Waals surface area contributed by atoms with Crippen LogP contribution in [0.5, 0.6) is 5.75 Å². The van der Waals surface area contributed by atoms with Crippen LogP contribution in [-0.4, -0.2) is 65.2 Å². The van der Waals surface area contributed by atoms with Gasteiger partial charge in [0.1, 0.15) is 11.3 Å². The Hall–Kier alpha value is -3.34. The molecule has 1 saturated heterocycles. The van der Waals surface area contributed by atoms with Gasteiger partial charge in [-0.2, -0.15) is 4.98 Å². The number of methoxy groups -OCH3 is 1. The van der Waals surface area contributed by atoms with Crippen molar-refractivity contribution < 1.29 is 14.3 Å². The Bertz CT molecular complexity index is 1350. The van der Waals surface area contributed by atoms with Gasteiger partial charge in [0.2, 0.25) is 11.9 Å². The molecule has 37 heavy (non-hydrogen) atoms. The molecule has 6 rings (SSSR count). The summed E-state index contributed by atoms with van der Waals surface area (Å²) in [5.74, 6) is 1.03. The Morgan fingerprint density at radius 3 is 2.89 bits per heavy atom. The molecule has 5 N–H and O–H groups in total. The van der Waals surface area contributed by atoms with Crippen LogP contribution in [0.4, 0.5) is 17.3 Å². The minimum Gasteiger partial charge on any atom is -0.495 e. The number of carbonyl (C=O) groups excluding carboxylic acids is 1. The highest BCUT2D eigenvalue weighted by atomic mass is 35.5. The fraction of sp³-hybridized carbons (Fsp3) is 0.423. The van der Waals surface area contributed by atoms with Gasteiger partial charge < -0.3 is 30.8 Å². The third-order valence-electron chi connectivity index (χ3n) is 7.60. The predicted octanol–water partition coefficient (Wildman–Crippen LogP) is 3.28. The molecule has 3 heterocycles. The molecule has 4 atom stereocenters. The first-order valence-corrected chi connectivity index (χ1v) is 12.9. The summed E-state index contributed by atoms with van der Waals surface area (Å²) in [6.45, 7) is 4.21. The smallest absolute Gasteiger partial charge is 0.223 e. The summed E-state index contributed by atoms with van der Waals surface area (Å²) in [7, 11) is 1.65. The number of hydrogen-bond acceptors (Lipinski definition) is 8. The van der Waals surface area contributed by atoms with Gasteiger partial charge in [0.05, 0.1) is 48.8 Å². The number of hydrogen-bond donors (Lipinski definition) is 4. The third kappa shape index (κ3) is 4.60. The number of benzene rings is 1. The van der Waals surface area contributed by atoms with Crippen LogP contribution >= 0.6 is 11.6 Å². The second-order valence-corrected chi connectivity index (χ2v) is 10.3. The van der Waals surface area contributed by atoms with Gasteiger partial charge in [0.15, 0.2) is 5.65 Å². The fourth-order valence-corrected chi connectivity index (χ4v) is 5.99. The van der Waals surface area contributed by atoms with E-state index in [1.54, 1.807) is 13.3 Å². The summed E-state index contributed by atoms with van der Waals surface area (Å²) in [6.07, 6.45) is 6.73. The highest BCUT2D eigenvalue weighted by Crippen LogP contribution is 2.46. The molecule has 0 spiro atoms. The van der Waals surface area contributed by atoms with E-state index in [0.717, 1.165) is 50.5 Å². The number of allylic oxidation sites excluding steroid dienone is 1. The molecule has 1 aliphatic heterocycles. The van der Waals surface area contributed by atoms with E-state index < -0.39 is 0 Å². The van der Waals surface area contributed by atoms with E-state index in [1.165, 1.54) is 0 Å². The van der Waals surface area contributed by atoms with Crippen LogP contribution in [0.1, 0.15) is 12.0 Å². The lowest BCUT2D eigenvalue weighted by atomic mass is 9.88. The first-order valence-electron chi connectivity index (χ1n) is 12.5. The highest BCUT2D eigenvalue weighted by Gasteiger charge is 2.47. The molecule has 1 saturated carbocycles. The quantitative estimate of drug-likeness (QED) is 0.331. The molecular formula is C26H30ClN7O3. The Balaban J connectivity index is 1.24. The number of aromatic amines is 1. The second kappa shape index (κ2) is 9.85.